The normalized spacial score (nSPS) is 13.8. The van der Waals surface area contributed by atoms with E-state index in [1.54, 1.807) is 4.57 Å². The predicted octanol–water partition coefficient (Wildman–Crippen LogP) is 3.46. The molecule has 1 amide bonds. The Morgan fingerprint density at radius 3 is 3.08 bits per heavy atom. The number of carbonyl (C=O) groups is 1. The fourth-order valence-corrected chi connectivity index (χ4v) is 2.85. The summed E-state index contributed by atoms with van der Waals surface area (Å²) in [5.41, 5.74) is 1.83. The Bertz CT molecular complexity index is 779. The first-order valence-corrected chi connectivity index (χ1v) is 9.17. The molecule has 134 valence electrons. The number of carbonyl (C=O) groups excluding carboxylic acids is 1. The Morgan fingerprint density at radius 1 is 1.48 bits per heavy atom. The maximum absolute atomic E-state index is 12.4. The van der Waals surface area contributed by atoms with Crippen molar-refractivity contribution >= 4 is 23.8 Å². The second kappa shape index (κ2) is 8.40. The zero-order valence-electron chi connectivity index (χ0n) is 14.5. The third-order valence-electron chi connectivity index (χ3n) is 4.14. The van der Waals surface area contributed by atoms with E-state index in [1.165, 1.54) is 12.8 Å². The van der Waals surface area contributed by atoms with E-state index in [1.807, 2.05) is 24.3 Å². The number of benzene rings is 1. The van der Waals surface area contributed by atoms with Gasteiger partial charge in [0.05, 0.1) is 6.61 Å². The first-order valence-electron chi connectivity index (χ1n) is 8.76. The SMILES string of the molecule is CCCc1n[nH]c(=S)n1CC(=O)Nc1cccc(COCC2CC2)c1. The van der Waals surface area contributed by atoms with Gasteiger partial charge < -0.3 is 10.1 Å². The first kappa shape index (κ1) is 17.8. The Hall–Kier alpha value is -1.99. The van der Waals surface area contributed by atoms with E-state index in [2.05, 4.69) is 22.4 Å². The Morgan fingerprint density at radius 2 is 2.32 bits per heavy atom. The van der Waals surface area contributed by atoms with Crippen molar-refractivity contribution < 1.29 is 9.53 Å². The van der Waals surface area contributed by atoms with Gasteiger partial charge in [-0.05, 0) is 55.1 Å². The number of H-pyrrole nitrogens is 1. The Balaban J connectivity index is 1.57. The summed E-state index contributed by atoms with van der Waals surface area (Å²) in [6.07, 6.45) is 4.30. The van der Waals surface area contributed by atoms with E-state index in [0.29, 0.717) is 11.4 Å². The van der Waals surface area contributed by atoms with Gasteiger partial charge in [-0.3, -0.25) is 14.5 Å². The number of aryl methyl sites for hydroxylation is 1. The molecule has 0 aliphatic heterocycles. The average Bonchev–Trinajstić information content (AvgIpc) is 3.35. The lowest BCUT2D eigenvalue weighted by Crippen LogP contribution is -2.20. The number of hydrogen-bond donors (Lipinski definition) is 2. The minimum Gasteiger partial charge on any atom is -0.376 e. The maximum atomic E-state index is 12.4. The molecule has 3 rings (SSSR count). The second-order valence-electron chi connectivity index (χ2n) is 6.49. The van der Waals surface area contributed by atoms with Gasteiger partial charge in [0.15, 0.2) is 4.77 Å². The van der Waals surface area contributed by atoms with Gasteiger partial charge in [-0.25, -0.2) is 0 Å². The first-order chi connectivity index (χ1) is 12.2. The molecule has 0 saturated heterocycles. The molecule has 1 fully saturated rings. The van der Waals surface area contributed by atoms with Gasteiger partial charge in [0.1, 0.15) is 12.4 Å². The molecule has 0 spiro atoms. The van der Waals surface area contributed by atoms with Gasteiger partial charge in [-0.2, -0.15) is 5.10 Å². The van der Waals surface area contributed by atoms with Crippen molar-refractivity contribution in [3.8, 4) is 0 Å². The molecular weight excluding hydrogens is 336 g/mol. The molecule has 6 nitrogen and oxygen atoms in total. The molecule has 1 aromatic carbocycles. The topological polar surface area (TPSA) is 71.9 Å². The zero-order valence-corrected chi connectivity index (χ0v) is 15.3. The van der Waals surface area contributed by atoms with Crippen molar-refractivity contribution in [3.05, 3.63) is 40.4 Å². The summed E-state index contributed by atoms with van der Waals surface area (Å²) in [6, 6.07) is 7.77. The fraction of sp³-hybridized carbons (Fsp3) is 0.500. The number of rotatable bonds is 9. The summed E-state index contributed by atoms with van der Waals surface area (Å²) in [6.45, 7) is 3.63. The highest BCUT2D eigenvalue weighted by atomic mass is 32.1. The molecule has 2 aromatic rings. The molecule has 1 aliphatic rings. The van der Waals surface area contributed by atoms with Crippen LogP contribution >= 0.6 is 12.2 Å². The molecule has 1 saturated carbocycles. The summed E-state index contributed by atoms with van der Waals surface area (Å²) in [4.78, 5) is 12.4. The van der Waals surface area contributed by atoms with Crippen molar-refractivity contribution in [3.63, 3.8) is 0 Å². The van der Waals surface area contributed by atoms with Crippen LogP contribution in [0.4, 0.5) is 5.69 Å². The van der Waals surface area contributed by atoms with E-state index in [-0.39, 0.29) is 12.5 Å². The van der Waals surface area contributed by atoms with Crippen molar-refractivity contribution in [2.24, 2.45) is 5.92 Å². The third-order valence-corrected chi connectivity index (χ3v) is 4.45. The van der Waals surface area contributed by atoms with Gasteiger partial charge in [0.2, 0.25) is 5.91 Å². The van der Waals surface area contributed by atoms with Crippen LogP contribution in [0.15, 0.2) is 24.3 Å². The number of anilines is 1. The predicted molar refractivity (Wildman–Crippen MR) is 98.9 cm³/mol. The second-order valence-corrected chi connectivity index (χ2v) is 6.87. The van der Waals surface area contributed by atoms with Crippen molar-refractivity contribution in [1.29, 1.82) is 0 Å². The van der Waals surface area contributed by atoms with E-state index >= 15 is 0 Å². The van der Waals surface area contributed by atoms with Crippen LogP contribution in [0.1, 0.15) is 37.6 Å². The molecule has 1 heterocycles. The zero-order chi connectivity index (χ0) is 17.6. The van der Waals surface area contributed by atoms with Crippen LogP contribution in [-0.4, -0.2) is 27.3 Å². The van der Waals surface area contributed by atoms with Crippen molar-refractivity contribution in [1.82, 2.24) is 14.8 Å². The molecule has 0 bridgehead atoms. The monoisotopic (exact) mass is 360 g/mol. The number of nitrogens with zero attached hydrogens (tertiary/aromatic N) is 2. The molecule has 0 unspecified atom stereocenters. The summed E-state index contributed by atoms with van der Waals surface area (Å²) in [5, 5.41) is 9.86. The van der Waals surface area contributed by atoms with Gasteiger partial charge in [-0.1, -0.05) is 19.1 Å². The highest BCUT2D eigenvalue weighted by molar-refractivity contribution is 7.71. The number of amides is 1. The summed E-state index contributed by atoms with van der Waals surface area (Å²) in [5.74, 6) is 1.44. The van der Waals surface area contributed by atoms with Gasteiger partial charge in [-0.15, -0.1) is 0 Å². The largest absolute Gasteiger partial charge is 0.376 e. The lowest BCUT2D eigenvalue weighted by molar-refractivity contribution is -0.116. The number of aromatic nitrogens is 3. The molecule has 25 heavy (non-hydrogen) atoms. The summed E-state index contributed by atoms with van der Waals surface area (Å²) in [7, 11) is 0. The van der Waals surface area contributed by atoms with Crippen molar-refractivity contribution in [2.75, 3.05) is 11.9 Å². The summed E-state index contributed by atoms with van der Waals surface area (Å²) < 4.78 is 7.92. The van der Waals surface area contributed by atoms with E-state index < -0.39 is 0 Å². The minimum absolute atomic E-state index is 0.120. The van der Waals surface area contributed by atoms with Crippen LogP contribution in [0.5, 0.6) is 0 Å². The highest BCUT2D eigenvalue weighted by Gasteiger charge is 2.21. The highest BCUT2D eigenvalue weighted by Crippen LogP contribution is 2.29. The van der Waals surface area contributed by atoms with E-state index in [0.717, 1.165) is 42.4 Å². The molecule has 2 N–H and O–H groups in total. The lowest BCUT2D eigenvalue weighted by Gasteiger charge is -2.09. The molecule has 7 heteroatoms. The van der Waals surface area contributed by atoms with Crippen LogP contribution in [0.3, 0.4) is 0 Å². The van der Waals surface area contributed by atoms with Crippen LogP contribution in [0.25, 0.3) is 0 Å². The van der Waals surface area contributed by atoms with E-state index in [9.17, 15) is 4.79 Å². The van der Waals surface area contributed by atoms with Gasteiger partial charge in [0, 0.05) is 18.7 Å². The molecule has 1 aliphatic carbocycles. The molecule has 0 radical (unpaired) electrons. The van der Waals surface area contributed by atoms with Crippen LogP contribution < -0.4 is 5.32 Å². The summed E-state index contributed by atoms with van der Waals surface area (Å²) >= 11 is 5.21. The molecule has 1 aromatic heterocycles. The number of ether oxygens (including phenoxy) is 1. The maximum Gasteiger partial charge on any atom is 0.244 e. The Kier molecular flexibility index (Phi) is 5.99. The van der Waals surface area contributed by atoms with Crippen LogP contribution in [-0.2, 0) is 29.1 Å². The number of hydrogen-bond acceptors (Lipinski definition) is 4. The lowest BCUT2D eigenvalue weighted by atomic mass is 10.2. The van der Waals surface area contributed by atoms with Gasteiger partial charge >= 0.3 is 0 Å². The van der Waals surface area contributed by atoms with Crippen molar-refractivity contribution in [2.45, 2.75) is 45.8 Å². The van der Waals surface area contributed by atoms with Crippen LogP contribution in [0.2, 0.25) is 0 Å². The fourth-order valence-electron chi connectivity index (χ4n) is 2.64. The molecular formula is C18H24N4O2S. The standard InChI is InChI=1S/C18H24N4O2S/c1-2-4-16-20-21-18(25)22(16)10-17(23)19-15-6-3-5-14(9-15)12-24-11-13-7-8-13/h3,5-6,9,13H,2,4,7-8,10-12H2,1H3,(H,19,23)(H,21,25). The minimum atomic E-state index is -0.120. The Labute approximate surface area is 152 Å². The average molecular weight is 360 g/mol. The van der Waals surface area contributed by atoms with Crippen LogP contribution in [0, 0.1) is 10.7 Å². The smallest absolute Gasteiger partial charge is 0.244 e. The van der Waals surface area contributed by atoms with E-state index in [4.69, 9.17) is 17.0 Å². The third kappa shape index (κ3) is 5.24. The number of nitrogens with one attached hydrogen (secondary N) is 2. The molecule has 0 atom stereocenters. The quantitative estimate of drug-likeness (QED) is 0.672. The van der Waals surface area contributed by atoms with Gasteiger partial charge in [0.25, 0.3) is 0 Å². The number of aromatic amines is 1.